The van der Waals surface area contributed by atoms with Gasteiger partial charge in [-0.3, -0.25) is 14.4 Å². The molecule has 202 valence electrons. The summed E-state index contributed by atoms with van der Waals surface area (Å²) in [5.41, 5.74) is 4.76. The number of nitrogens with two attached hydrogens (primary N) is 1. The number of methoxy groups -OCH3 is 1. The van der Waals surface area contributed by atoms with E-state index in [1.807, 2.05) is 11.8 Å². The van der Waals surface area contributed by atoms with Crippen molar-refractivity contribution in [2.24, 2.45) is 5.73 Å². The van der Waals surface area contributed by atoms with E-state index in [4.69, 9.17) is 20.7 Å². The number of fused-ring (bicyclic) bond motifs is 1. The van der Waals surface area contributed by atoms with Gasteiger partial charge < -0.3 is 40.6 Å². The molecular weight excluding hydrogens is 491 g/mol. The molecule has 0 amide bonds. The van der Waals surface area contributed by atoms with Crippen LogP contribution in [0.2, 0.25) is 0 Å². The van der Waals surface area contributed by atoms with Crippen molar-refractivity contribution in [3.05, 3.63) is 33.9 Å². The number of carboxylic acids is 3. The number of hydrogen-bond acceptors (Lipinski definition) is 8. The fourth-order valence-corrected chi connectivity index (χ4v) is 4.26. The van der Waals surface area contributed by atoms with E-state index in [0.29, 0.717) is 30.0 Å². The first-order valence-corrected chi connectivity index (χ1v) is 11.8. The first-order chi connectivity index (χ1) is 17.5. The minimum absolute atomic E-state index is 0.0231. The molecule has 2 aromatic rings. The van der Waals surface area contributed by atoms with Gasteiger partial charge in [0.2, 0.25) is 5.43 Å². The Morgan fingerprint density at radius 1 is 1.27 bits per heavy atom. The zero-order chi connectivity index (χ0) is 27.4. The normalized spacial score (nSPS) is 18.1. The minimum Gasteiger partial charge on any atom is -0.492 e. The number of hydrogen-bond donors (Lipinski definition) is 5. The molecule has 13 heteroatoms. The van der Waals surface area contributed by atoms with Crippen molar-refractivity contribution in [2.45, 2.75) is 50.7 Å². The van der Waals surface area contributed by atoms with Crippen LogP contribution in [0.5, 0.6) is 5.75 Å². The van der Waals surface area contributed by atoms with E-state index in [0.717, 1.165) is 25.5 Å². The highest BCUT2D eigenvalue weighted by molar-refractivity contribution is 5.97. The number of aromatic carboxylic acids is 1. The lowest BCUT2D eigenvalue weighted by atomic mass is 10.1. The average molecular weight is 523 g/mol. The Bertz CT molecular complexity index is 1260. The molecule has 1 aromatic carbocycles. The molecule has 2 aliphatic rings. The van der Waals surface area contributed by atoms with Crippen LogP contribution in [-0.2, 0) is 9.59 Å². The molecule has 2 fully saturated rings. The Balaban J connectivity index is 0.000000325. The van der Waals surface area contributed by atoms with Gasteiger partial charge >= 0.3 is 17.9 Å². The predicted octanol–water partition coefficient (Wildman–Crippen LogP) is 1.24. The van der Waals surface area contributed by atoms with Gasteiger partial charge in [-0.15, -0.1) is 0 Å². The van der Waals surface area contributed by atoms with Crippen LogP contribution in [0.25, 0.3) is 10.9 Å². The van der Waals surface area contributed by atoms with E-state index < -0.39 is 35.2 Å². The van der Waals surface area contributed by atoms with Gasteiger partial charge in [0.1, 0.15) is 17.3 Å². The number of nitrogens with one attached hydrogen (secondary N) is 1. The number of aliphatic carboxylic acids is 2. The van der Waals surface area contributed by atoms with Crippen molar-refractivity contribution in [2.75, 3.05) is 31.6 Å². The first kappa shape index (κ1) is 27.9. The molecule has 1 aliphatic carbocycles. The lowest BCUT2D eigenvalue weighted by Gasteiger charge is -2.35. The maximum absolute atomic E-state index is 15.1. The number of benzene rings is 1. The van der Waals surface area contributed by atoms with Crippen molar-refractivity contribution in [1.82, 2.24) is 9.88 Å². The van der Waals surface area contributed by atoms with Gasteiger partial charge in [-0.05, 0) is 32.3 Å². The highest BCUT2D eigenvalue weighted by Crippen LogP contribution is 2.43. The topological polar surface area (TPSA) is 184 Å². The van der Waals surface area contributed by atoms with Gasteiger partial charge in [-0.25, -0.2) is 9.18 Å². The van der Waals surface area contributed by atoms with Crippen molar-refractivity contribution in [3.8, 4) is 5.75 Å². The molecule has 0 spiro atoms. The molecule has 1 saturated carbocycles. The number of pyridine rings is 1. The minimum atomic E-state index is -1.31. The van der Waals surface area contributed by atoms with Crippen LogP contribution in [-0.4, -0.2) is 76.6 Å². The van der Waals surface area contributed by atoms with E-state index in [1.165, 1.54) is 13.3 Å². The molecule has 1 aromatic heterocycles. The molecule has 2 heterocycles. The van der Waals surface area contributed by atoms with Crippen LogP contribution in [0.4, 0.5) is 10.1 Å². The fourth-order valence-electron chi connectivity index (χ4n) is 4.26. The van der Waals surface area contributed by atoms with Gasteiger partial charge in [0.25, 0.3) is 0 Å². The highest BCUT2D eigenvalue weighted by Gasteiger charge is 2.32. The number of halogens is 1. The van der Waals surface area contributed by atoms with E-state index in [1.54, 1.807) is 4.57 Å². The summed E-state index contributed by atoms with van der Waals surface area (Å²) in [5.74, 6) is -3.79. The molecule has 0 radical (unpaired) electrons. The first-order valence-electron chi connectivity index (χ1n) is 11.8. The van der Waals surface area contributed by atoms with Crippen molar-refractivity contribution < 1.29 is 38.8 Å². The fraction of sp³-hybridized carbons (Fsp3) is 0.500. The summed E-state index contributed by atoms with van der Waals surface area (Å²) in [7, 11) is 1.45. The monoisotopic (exact) mass is 522 g/mol. The molecule has 37 heavy (non-hydrogen) atoms. The molecule has 12 nitrogen and oxygen atoms in total. The number of carbonyl (C=O) groups is 3. The molecule has 6 N–H and O–H groups in total. The van der Waals surface area contributed by atoms with E-state index in [9.17, 15) is 24.3 Å². The predicted molar refractivity (Wildman–Crippen MR) is 132 cm³/mol. The molecule has 2 atom stereocenters. The van der Waals surface area contributed by atoms with Gasteiger partial charge in [0.05, 0.1) is 18.0 Å². The van der Waals surface area contributed by atoms with Crippen LogP contribution in [0.3, 0.4) is 0 Å². The third-order valence-electron chi connectivity index (χ3n) is 6.24. The van der Waals surface area contributed by atoms with E-state index >= 15 is 4.39 Å². The Morgan fingerprint density at radius 3 is 2.46 bits per heavy atom. The molecular formula is C24H31FN4O8. The second kappa shape index (κ2) is 11.6. The number of aromatic nitrogens is 1. The number of nitrogens with zero attached hydrogens (tertiary/aromatic N) is 2. The van der Waals surface area contributed by atoms with Gasteiger partial charge in [-0.1, -0.05) is 0 Å². The molecule has 1 saturated heterocycles. The van der Waals surface area contributed by atoms with Gasteiger partial charge in [0.15, 0.2) is 11.6 Å². The molecule has 4 rings (SSSR count). The van der Waals surface area contributed by atoms with Crippen LogP contribution in [0.15, 0.2) is 17.1 Å². The Labute approximate surface area is 211 Å². The summed E-state index contributed by atoms with van der Waals surface area (Å²) in [5, 5.41) is 29.0. The summed E-state index contributed by atoms with van der Waals surface area (Å²) in [4.78, 5) is 46.0. The SMILES string of the molecule is COc1c(N2CCNC(C)C2)c(F)cc2c(=O)c(C(=O)O)cn(C3CC3)c12.NC(CCC(=O)O)C(=O)O. The summed E-state index contributed by atoms with van der Waals surface area (Å²) in [6.45, 7) is 3.97. The zero-order valence-electron chi connectivity index (χ0n) is 20.6. The second-order valence-electron chi connectivity index (χ2n) is 9.13. The number of ether oxygens (including phenoxy) is 1. The summed E-state index contributed by atoms with van der Waals surface area (Å²) >= 11 is 0. The molecule has 1 aliphatic heterocycles. The third kappa shape index (κ3) is 6.35. The average Bonchev–Trinajstić information content (AvgIpc) is 3.67. The van der Waals surface area contributed by atoms with Crippen LogP contribution in [0.1, 0.15) is 49.0 Å². The van der Waals surface area contributed by atoms with Gasteiger partial charge in [-0.2, -0.15) is 0 Å². The largest absolute Gasteiger partial charge is 0.492 e. The summed E-state index contributed by atoms with van der Waals surface area (Å²) in [6.07, 6.45) is 2.92. The van der Waals surface area contributed by atoms with Crippen LogP contribution in [0, 0.1) is 5.82 Å². The van der Waals surface area contributed by atoms with E-state index in [-0.39, 0.29) is 35.9 Å². The number of rotatable bonds is 8. The summed E-state index contributed by atoms with van der Waals surface area (Å²) in [6, 6.07) is 0.392. The Morgan fingerprint density at radius 2 is 1.95 bits per heavy atom. The standard InChI is InChI=1S/C19H22FN3O4.C5H9NO4/c1-10-8-22(6-5-21-10)16-14(20)7-12-15(18(16)27-2)23(11-3-4-11)9-13(17(12)24)19(25)26;6-3(5(9)10)1-2-4(7)8/h7,9-11,21H,3-6,8H2,1-2H3,(H,25,26);3H,1-2,6H2,(H,7,8)(H,9,10). The maximum atomic E-state index is 15.1. The summed E-state index contributed by atoms with van der Waals surface area (Å²) < 4.78 is 22.5. The lowest BCUT2D eigenvalue weighted by Crippen LogP contribution is -2.49. The Kier molecular flexibility index (Phi) is 8.71. The van der Waals surface area contributed by atoms with E-state index in [2.05, 4.69) is 5.32 Å². The smallest absolute Gasteiger partial charge is 0.341 e. The zero-order valence-corrected chi connectivity index (χ0v) is 20.6. The maximum Gasteiger partial charge on any atom is 0.341 e. The van der Waals surface area contributed by atoms with Gasteiger partial charge in [0, 0.05) is 44.3 Å². The molecule has 2 unspecified atom stereocenters. The quantitative estimate of drug-likeness (QED) is 0.336. The number of piperazine rings is 1. The highest BCUT2D eigenvalue weighted by atomic mass is 19.1. The van der Waals surface area contributed by atoms with Crippen molar-refractivity contribution in [1.29, 1.82) is 0 Å². The van der Waals surface area contributed by atoms with Crippen LogP contribution >= 0.6 is 0 Å². The van der Waals surface area contributed by atoms with Crippen molar-refractivity contribution >= 4 is 34.5 Å². The lowest BCUT2D eigenvalue weighted by molar-refractivity contribution is -0.139. The molecule has 0 bridgehead atoms. The van der Waals surface area contributed by atoms with Crippen LogP contribution < -0.4 is 26.1 Å². The Hall–Kier alpha value is -3.71. The third-order valence-corrected chi connectivity index (χ3v) is 6.24. The number of carboxylic acid groups (broad SMARTS) is 3. The second-order valence-corrected chi connectivity index (χ2v) is 9.13. The number of anilines is 1. The van der Waals surface area contributed by atoms with Crippen molar-refractivity contribution in [3.63, 3.8) is 0 Å².